The zero-order valence-corrected chi connectivity index (χ0v) is 22.9. The second-order valence-corrected chi connectivity index (χ2v) is 13.0. The maximum absolute atomic E-state index is 15.7. The lowest BCUT2D eigenvalue weighted by atomic mass is 9.53. The average molecular weight is 540 g/mol. The molecule has 5 aliphatic rings. The summed E-state index contributed by atoms with van der Waals surface area (Å²) < 4.78 is 25.4. The van der Waals surface area contributed by atoms with Gasteiger partial charge in [0.25, 0.3) is 5.91 Å². The Labute approximate surface area is 232 Å². The van der Waals surface area contributed by atoms with E-state index in [4.69, 9.17) is 14.7 Å². The smallest absolute Gasteiger partial charge is 0.254 e. The molecule has 3 saturated carbocycles. The minimum Gasteiger partial charge on any atom is -0.381 e. The van der Waals surface area contributed by atoms with Crippen molar-refractivity contribution in [2.45, 2.75) is 57.0 Å². The summed E-state index contributed by atoms with van der Waals surface area (Å²) in [6.45, 7) is 3.28. The zero-order valence-electron chi connectivity index (χ0n) is 22.9. The minimum absolute atomic E-state index is 0.0430. The third kappa shape index (κ3) is 3.34. The lowest BCUT2D eigenvalue weighted by molar-refractivity contribution is -0.0204. The van der Waals surface area contributed by atoms with Gasteiger partial charge in [-0.15, -0.1) is 0 Å². The van der Waals surface area contributed by atoms with Crippen LogP contribution in [0.15, 0.2) is 30.3 Å². The Morgan fingerprint density at radius 3 is 2.67 bits per heavy atom. The zero-order chi connectivity index (χ0) is 26.7. The third-order valence-corrected chi connectivity index (χ3v) is 10.7. The van der Waals surface area contributed by atoms with Crippen LogP contribution in [0.25, 0.3) is 33.6 Å². The van der Waals surface area contributed by atoms with Crippen LogP contribution in [0.3, 0.4) is 0 Å². The van der Waals surface area contributed by atoms with Crippen LogP contribution in [-0.2, 0) is 18.3 Å². The number of rotatable bonds is 5. The van der Waals surface area contributed by atoms with E-state index in [1.54, 1.807) is 6.07 Å². The molecule has 0 N–H and O–H groups in total. The Morgan fingerprint density at radius 2 is 1.90 bits per heavy atom. The molecule has 0 radical (unpaired) electrons. The van der Waals surface area contributed by atoms with E-state index in [2.05, 4.69) is 22.8 Å². The van der Waals surface area contributed by atoms with Crippen LogP contribution in [0.1, 0.15) is 60.5 Å². The van der Waals surface area contributed by atoms with Gasteiger partial charge in [-0.25, -0.2) is 14.4 Å². The highest BCUT2D eigenvalue weighted by Crippen LogP contribution is 2.60. The molecule has 4 aromatic rings. The highest BCUT2D eigenvalue weighted by molar-refractivity contribution is 5.98. The number of carbonyl (C=O) groups is 1. The normalized spacial score (nSPS) is 27.7. The van der Waals surface area contributed by atoms with Crippen LogP contribution < -0.4 is 0 Å². The first kappa shape index (κ1) is 23.4. The van der Waals surface area contributed by atoms with E-state index < -0.39 is 0 Å². The molecular formula is C32H34FN5O2. The molecule has 206 valence electrons. The van der Waals surface area contributed by atoms with Gasteiger partial charge in [-0.3, -0.25) is 4.79 Å². The summed E-state index contributed by atoms with van der Waals surface area (Å²) in [6.07, 6.45) is 6.81. The molecule has 3 aromatic heterocycles. The van der Waals surface area contributed by atoms with Crippen LogP contribution >= 0.6 is 0 Å². The van der Waals surface area contributed by atoms with Crippen molar-refractivity contribution in [2.24, 2.45) is 30.7 Å². The molecule has 8 heteroatoms. The molecule has 4 atom stereocenters. The highest BCUT2D eigenvalue weighted by Gasteiger charge is 2.61. The molecule has 5 fully saturated rings. The molecule has 7 nitrogen and oxygen atoms in total. The first-order valence-electron chi connectivity index (χ1n) is 15.1. The number of imidazole rings is 1. The maximum Gasteiger partial charge on any atom is 0.254 e. The largest absolute Gasteiger partial charge is 0.381 e. The fraction of sp³-hybridized carbons (Fsp3) is 0.531. The summed E-state index contributed by atoms with van der Waals surface area (Å²) in [4.78, 5) is 25.7. The molecule has 2 saturated heterocycles. The van der Waals surface area contributed by atoms with Crippen molar-refractivity contribution in [3.8, 4) is 11.5 Å². The van der Waals surface area contributed by atoms with Gasteiger partial charge in [-0.1, -0.05) is 0 Å². The van der Waals surface area contributed by atoms with Crippen LogP contribution in [0.2, 0.25) is 0 Å². The number of hydrogen-bond donors (Lipinski definition) is 0. The molecule has 3 aliphatic carbocycles. The number of halogens is 1. The summed E-state index contributed by atoms with van der Waals surface area (Å²) in [5.74, 6) is 3.49. The van der Waals surface area contributed by atoms with Crippen LogP contribution in [0.4, 0.5) is 4.39 Å². The van der Waals surface area contributed by atoms with Gasteiger partial charge in [0.15, 0.2) is 5.82 Å². The van der Waals surface area contributed by atoms with E-state index in [0.717, 1.165) is 73.9 Å². The number of pyridine rings is 1. The molecule has 0 bridgehead atoms. The van der Waals surface area contributed by atoms with Gasteiger partial charge in [-0.05, 0) is 92.5 Å². The van der Waals surface area contributed by atoms with Gasteiger partial charge in [0, 0.05) is 62.0 Å². The van der Waals surface area contributed by atoms with Gasteiger partial charge in [-0.2, -0.15) is 0 Å². The van der Waals surface area contributed by atoms with Crippen molar-refractivity contribution >= 4 is 28.0 Å². The number of benzene rings is 1. The molecule has 1 aromatic carbocycles. The molecule has 9 rings (SSSR count). The number of nitrogens with zero attached hydrogens (tertiary/aromatic N) is 5. The van der Waals surface area contributed by atoms with Crippen molar-refractivity contribution < 1.29 is 13.9 Å². The van der Waals surface area contributed by atoms with Crippen LogP contribution in [0, 0.1) is 29.5 Å². The number of hydrogen-bond acceptors (Lipinski definition) is 4. The fourth-order valence-corrected chi connectivity index (χ4v) is 8.30. The van der Waals surface area contributed by atoms with E-state index >= 15 is 4.39 Å². The average Bonchev–Trinajstić information content (AvgIpc) is 3.62. The molecule has 2 aliphatic heterocycles. The fourth-order valence-electron chi connectivity index (χ4n) is 8.30. The first-order valence-corrected chi connectivity index (χ1v) is 15.1. The van der Waals surface area contributed by atoms with Crippen molar-refractivity contribution in [1.29, 1.82) is 0 Å². The summed E-state index contributed by atoms with van der Waals surface area (Å²) in [6, 6.07) is 10.1. The SMILES string of the molecule is Cn1c(-c2cc3ccc(C4CCOCC4)nc3n2CC2CC2)nc2cc(C(=O)N3C[C@H]4CC5C[C@@H]3[C@H]54)cc(F)c21. The summed E-state index contributed by atoms with van der Waals surface area (Å²) in [5.41, 5.74) is 4.47. The second-order valence-electron chi connectivity index (χ2n) is 13.0. The summed E-state index contributed by atoms with van der Waals surface area (Å²) in [7, 11) is 1.88. The molecule has 40 heavy (non-hydrogen) atoms. The van der Waals surface area contributed by atoms with Crippen LogP contribution in [0.5, 0.6) is 0 Å². The van der Waals surface area contributed by atoms with Crippen molar-refractivity contribution in [2.75, 3.05) is 19.8 Å². The van der Waals surface area contributed by atoms with Gasteiger partial charge in [0.2, 0.25) is 0 Å². The van der Waals surface area contributed by atoms with E-state index in [0.29, 0.717) is 52.1 Å². The van der Waals surface area contributed by atoms with E-state index in [1.165, 1.54) is 25.3 Å². The molecule has 0 spiro atoms. The Kier molecular flexibility index (Phi) is 4.91. The number of amides is 1. The standard InChI is InChI=1S/C32H34FN5O2/c1-36-29-23(33)11-21(32(39)38-16-22-10-20-14-26(38)28(20)22)12-25(29)35-31(36)27-13-19-4-5-24(18-6-8-40-9-7-18)34-30(19)37(27)15-17-2-3-17/h4-5,11-13,17-18,20,22,26,28H,2-3,6-10,14-16H2,1H3/t20?,22-,26-,28-/m1/s1. The number of aryl methyl sites for hydroxylation is 1. The van der Waals surface area contributed by atoms with E-state index in [9.17, 15) is 4.79 Å². The number of likely N-dealkylation sites (tertiary alicyclic amines) is 1. The van der Waals surface area contributed by atoms with E-state index in [1.807, 2.05) is 16.5 Å². The Morgan fingerprint density at radius 1 is 1.05 bits per heavy atom. The number of ether oxygens (including phenoxy) is 1. The quantitative estimate of drug-likeness (QED) is 0.335. The summed E-state index contributed by atoms with van der Waals surface area (Å²) >= 11 is 0. The van der Waals surface area contributed by atoms with Crippen molar-refractivity contribution in [3.63, 3.8) is 0 Å². The molecule has 1 unspecified atom stereocenters. The van der Waals surface area contributed by atoms with Gasteiger partial charge >= 0.3 is 0 Å². The maximum atomic E-state index is 15.7. The molecular weight excluding hydrogens is 505 g/mol. The number of fused-ring (bicyclic) bond motifs is 2. The molecule has 5 heterocycles. The molecule has 1 amide bonds. The minimum atomic E-state index is -0.388. The number of carbonyl (C=O) groups excluding carboxylic acids is 1. The van der Waals surface area contributed by atoms with Gasteiger partial charge < -0.3 is 18.8 Å². The van der Waals surface area contributed by atoms with Crippen LogP contribution in [-0.4, -0.2) is 55.7 Å². The number of aromatic nitrogens is 4. The lowest BCUT2D eigenvalue weighted by Crippen LogP contribution is -2.53. The lowest BCUT2D eigenvalue weighted by Gasteiger charge is -2.52. The van der Waals surface area contributed by atoms with Gasteiger partial charge in [0.05, 0.1) is 11.2 Å². The van der Waals surface area contributed by atoms with Crippen molar-refractivity contribution in [3.05, 3.63) is 47.4 Å². The Balaban J connectivity index is 1.12. The Bertz CT molecular complexity index is 1700. The second kappa shape index (κ2) is 8.38. The predicted molar refractivity (Wildman–Crippen MR) is 149 cm³/mol. The Hall–Kier alpha value is -3.26. The summed E-state index contributed by atoms with van der Waals surface area (Å²) in [5, 5.41) is 1.08. The first-order chi connectivity index (χ1) is 19.5. The van der Waals surface area contributed by atoms with E-state index in [-0.39, 0.29) is 11.7 Å². The highest BCUT2D eigenvalue weighted by atomic mass is 19.1. The van der Waals surface area contributed by atoms with Crippen molar-refractivity contribution in [1.82, 2.24) is 24.0 Å². The predicted octanol–water partition coefficient (Wildman–Crippen LogP) is 5.51. The third-order valence-electron chi connectivity index (χ3n) is 10.7. The topological polar surface area (TPSA) is 65.2 Å². The monoisotopic (exact) mass is 539 g/mol. The van der Waals surface area contributed by atoms with Gasteiger partial charge in [0.1, 0.15) is 17.0 Å².